The highest BCUT2D eigenvalue weighted by Gasteiger charge is 2.12. The van der Waals surface area contributed by atoms with Gasteiger partial charge in [0.25, 0.3) is 0 Å². The Balaban J connectivity index is 1.83. The molecule has 1 heterocycles. The molecule has 1 saturated heterocycles. The van der Waals surface area contributed by atoms with Crippen LogP contribution in [0.15, 0.2) is 0 Å². The smallest absolute Gasteiger partial charge is 0.0192 e. The summed E-state index contributed by atoms with van der Waals surface area (Å²) in [5, 5.41) is 6.98. The quantitative estimate of drug-likeness (QED) is 0.582. The van der Waals surface area contributed by atoms with Crippen LogP contribution >= 0.6 is 0 Å². The van der Waals surface area contributed by atoms with Crippen molar-refractivity contribution in [3.05, 3.63) is 0 Å². The van der Waals surface area contributed by atoms with E-state index in [-0.39, 0.29) is 0 Å². The third kappa shape index (κ3) is 5.24. The molecule has 1 fully saturated rings. The van der Waals surface area contributed by atoms with Gasteiger partial charge in [0.15, 0.2) is 0 Å². The van der Waals surface area contributed by atoms with Crippen molar-refractivity contribution >= 4 is 0 Å². The van der Waals surface area contributed by atoms with Crippen LogP contribution in [-0.4, -0.2) is 51.2 Å². The molecule has 0 spiro atoms. The van der Waals surface area contributed by atoms with Gasteiger partial charge in [-0.05, 0) is 53.0 Å². The van der Waals surface area contributed by atoms with Gasteiger partial charge in [-0.3, -0.25) is 0 Å². The largest absolute Gasteiger partial charge is 0.315 e. The van der Waals surface area contributed by atoms with E-state index in [0.29, 0.717) is 0 Å². The van der Waals surface area contributed by atoms with E-state index >= 15 is 0 Å². The highest BCUT2D eigenvalue weighted by molar-refractivity contribution is 4.75. The van der Waals surface area contributed by atoms with E-state index in [1.54, 1.807) is 0 Å². The van der Waals surface area contributed by atoms with Crippen molar-refractivity contribution in [2.75, 3.05) is 40.3 Å². The summed E-state index contributed by atoms with van der Waals surface area (Å²) in [4.78, 5) is 2.23. The van der Waals surface area contributed by atoms with Gasteiger partial charge in [-0.15, -0.1) is 0 Å². The van der Waals surface area contributed by atoms with Gasteiger partial charge in [0.2, 0.25) is 0 Å². The molecule has 13 heavy (non-hydrogen) atoms. The molecule has 1 aliphatic rings. The summed E-state index contributed by atoms with van der Waals surface area (Å²) in [6, 6.07) is 0.736. The minimum absolute atomic E-state index is 0.736. The summed E-state index contributed by atoms with van der Waals surface area (Å²) in [5.41, 5.74) is 0. The van der Waals surface area contributed by atoms with E-state index in [1.807, 2.05) is 0 Å². The van der Waals surface area contributed by atoms with Crippen LogP contribution in [0.5, 0.6) is 0 Å². The van der Waals surface area contributed by atoms with Crippen molar-refractivity contribution in [2.45, 2.75) is 25.3 Å². The van der Waals surface area contributed by atoms with E-state index in [2.05, 4.69) is 29.6 Å². The molecule has 1 aliphatic heterocycles. The normalized spacial score (nSPS) is 22.8. The number of hydrogen-bond acceptors (Lipinski definition) is 3. The minimum Gasteiger partial charge on any atom is -0.315 e. The van der Waals surface area contributed by atoms with Crippen LogP contribution < -0.4 is 10.6 Å². The summed E-state index contributed by atoms with van der Waals surface area (Å²) in [6.45, 7) is 4.69. The molecule has 3 heteroatoms. The molecule has 0 aromatic heterocycles. The first-order chi connectivity index (χ1) is 6.29. The average Bonchev–Trinajstić information content (AvgIpc) is 2.55. The van der Waals surface area contributed by atoms with Crippen LogP contribution in [0.2, 0.25) is 0 Å². The standard InChI is InChI=1S/C10H23N3/c1-13(2)8-4-6-11-9-10-5-3-7-12-10/h10-12H,3-9H2,1-2H3. The topological polar surface area (TPSA) is 27.3 Å². The minimum atomic E-state index is 0.736. The van der Waals surface area contributed by atoms with E-state index in [0.717, 1.165) is 19.1 Å². The van der Waals surface area contributed by atoms with Crippen molar-refractivity contribution in [2.24, 2.45) is 0 Å². The lowest BCUT2D eigenvalue weighted by molar-refractivity contribution is 0.391. The van der Waals surface area contributed by atoms with Crippen LogP contribution in [0.3, 0.4) is 0 Å². The predicted octanol–water partition coefficient (Wildman–Crippen LogP) is 0.280. The molecule has 1 rings (SSSR count). The van der Waals surface area contributed by atoms with Gasteiger partial charge in [-0.25, -0.2) is 0 Å². The van der Waals surface area contributed by atoms with Gasteiger partial charge in [0, 0.05) is 12.6 Å². The fraction of sp³-hybridized carbons (Fsp3) is 1.00. The molecule has 78 valence electrons. The van der Waals surface area contributed by atoms with Crippen LogP contribution in [0.4, 0.5) is 0 Å². The Morgan fingerprint density at radius 1 is 1.46 bits per heavy atom. The first-order valence-electron chi connectivity index (χ1n) is 5.38. The zero-order chi connectivity index (χ0) is 9.52. The molecule has 1 unspecified atom stereocenters. The predicted molar refractivity (Wildman–Crippen MR) is 57.1 cm³/mol. The molecular formula is C10H23N3. The van der Waals surface area contributed by atoms with E-state index in [1.165, 1.54) is 32.4 Å². The molecule has 1 atom stereocenters. The lowest BCUT2D eigenvalue weighted by Crippen LogP contribution is -2.34. The molecule has 0 aromatic carbocycles. The number of hydrogen-bond donors (Lipinski definition) is 2. The summed E-state index contributed by atoms with van der Waals surface area (Å²) in [5.74, 6) is 0. The summed E-state index contributed by atoms with van der Waals surface area (Å²) >= 11 is 0. The Morgan fingerprint density at radius 3 is 2.92 bits per heavy atom. The molecule has 3 nitrogen and oxygen atoms in total. The highest BCUT2D eigenvalue weighted by Crippen LogP contribution is 2.02. The first kappa shape index (κ1) is 11.0. The monoisotopic (exact) mass is 185 g/mol. The molecule has 0 aromatic rings. The second kappa shape index (κ2) is 6.35. The van der Waals surface area contributed by atoms with E-state index in [4.69, 9.17) is 0 Å². The van der Waals surface area contributed by atoms with Gasteiger partial charge in [0.05, 0.1) is 0 Å². The van der Waals surface area contributed by atoms with Crippen molar-refractivity contribution in [3.63, 3.8) is 0 Å². The summed E-state index contributed by atoms with van der Waals surface area (Å²) < 4.78 is 0. The van der Waals surface area contributed by atoms with Crippen molar-refractivity contribution in [3.8, 4) is 0 Å². The SMILES string of the molecule is CN(C)CCCNCC1CCCN1. The van der Waals surface area contributed by atoms with Gasteiger partial charge < -0.3 is 15.5 Å². The van der Waals surface area contributed by atoms with E-state index in [9.17, 15) is 0 Å². The Labute approximate surface area is 81.9 Å². The number of rotatable bonds is 6. The Kier molecular flexibility index (Phi) is 5.35. The summed E-state index contributed by atoms with van der Waals surface area (Å²) in [6.07, 6.45) is 3.95. The fourth-order valence-corrected chi connectivity index (χ4v) is 1.73. The van der Waals surface area contributed by atoms with Gasteiger partial charge in [-0.2, -0.15) is 0 Å². The maximum Gasteiger partial charge on any atom is 0.0192 e. The molecule has 0 bridgehead atoms. The Morgan fingerprint density at radius 2 is 2.31 bits per heavy atom. The Hall–Kier alpha value is -0.120. The molecule has 0 amide bonds. The Bertz CT molecular complexity index is 119. The van der Waals surface area contributed by atoms with E-state index < -0.39 is 0 Å². The van der Waals surface area contributed by atoms with Crippen molar-refractivity contribution in [1.29, 1.82) is 0 Å². The number of nitrogens with zero attached hydrogens (tertiary/aromatic N) is 1. The van der Waals surface area contributed by atoms with Crippen molar-refractivity contribution in [1.82, 2.24) is 15.5 Å². The number of nitrogens with one attached hydrogen (secondary N) is 2. The van der Waals surface area contributed by atoms with Crippen molar-refractivity contribution < 1.29 is 0 Å². The average molecular weight is 185 g/mol. The molecule has 2 N–H and O–H groups in total. The zero-order valence-corrected chi connectivity index (χ0v) is 8.97. The maximum atomic E-state index is 3.49. The molecule has 0 saturated carbocycles. The van der Waals surface area contributed by atoms with Crippen LogP contribution in [-0.2, 0) is 0 Å². The second-order valence-corrected chi connectivity index (χ2v) is 4.15. The third-order valence-corrected chi connectivity index (χ3v) is 2.51. The zero-order valence-electron chi connectivity index (χ0n) is 8.97. The summed E-state index contributed by atoms with van der Waals surface area (Å²) in [7, 11) is 4.25. The maximum absolute atomic E-state index is 3.49. The van der Waals surface area contributed by atoms with Gasteiger partial charge in [-0.1, -0.05) is 0 Å². The van der Waals surface area contributed by atoms with Gasteiger partial charge >= 0.3 is 0 Å². The lowest BCUT2D eigenvalue weighted by Gasteiger charge is -2.12. The molecule has 0 radical (unpaired) electrons. The highest BCUT2D eigenvalue weighted by atomic mass is 15.1. The van der Waals surface area contributed by atoms with Crippen LogP contribution in [0.1, 0.15) is 19.3 Å². The second-order valence-electron chi connectivity index (χ2n) is 4.15. The first-order valence-corrected chi connectivity index (χ1v) is 5.38. The lowest BCUT2D eigenvalue weighted by atomic mass is 10.2. The van der Waals surface area contributed by atoms with Crippen LogP contribution in [0, 0.1) is 0 Å². The fourth-order valence-electron chi connectivity index (χ4n) is 1.73. The van der Waals surface area contributed by atoms with Gasteiger partial charge in [0.1, 0.15) is 0 Å². The molecular weight excluding hydrogens is 162 g/mol. The third-order valence-electron chi connectivity index (χ3n) is 2.51. The molecule has 0 aliphatic carbocycles. The van der Waals surface area contributed by atoms with Crippen LogP contribution in [0.25, 0.3) is 0 Å².